The van der Waals surface area contributed by atoms with E-state index in [-0.39, 0.29) is 42.1 Å². The second kappa shape index (κ2) is 16.7. The number of carbonyl (C=O) groups excluding carboxylic acids is 2. The normalized spacial score (nSPS) is 14.0. The minimum atomic E-state index is -1.36. The first-order valence-electron chi connectivity index (χ1n) is 17.1. The number of rotatable bonds is 14. The Hall–Kier alpha value is -6.72. The number of aromatic nitrogens is 4. The number of nitrogens with zero attached hydrogens (tertiary/aromatic N) is 3. The molecule has 6 N–H and O–H groups in total. The quantitative estimate of drug-likeness (QED) is 0.0848. The molecule has 2 aromatic heterocycles. The monoisotopic (exact) mass is 779 g/mol. The molecule has 17 heteroatoms. The molecule has 0 spiro atoms. The van der Waals surface area contributed by atoms with Gasteiger partial charge in [0.05, 0.1) is 24.9 Å². The van der Waals surface area contributed by atoms with Crippen molar-refractivity contribution in [1.29, 1.82) is 0 Å². The smallest absolute Gasteiger partial charge is 0.326 e. The van der Waals surface area contributed by atoms with Gasteiger partial charge in [-0.05, 0) is 125 Å². The molecule has 0 saturated carbocycles. The molecule has 1 aliphatic rings. The molecule has 56 heavy (non-hydrogen) atoms. The molecule has 5 aromatic rings. The fourth-order valence-corrected chi connectivity index (χ4v) is 6.56. The van der Waals surface area contributed by atoms with Gasteiger partial charge in [0.1, 0.15) is 18.1 Å². The van der Waals surface area contributed by atoms with Crippen LogP contribution in [-0.4, -0.2) is 70.8 Å². The van der Waals surface area contributed by atoms with Crippen LogP contribution in [0.1, 0.15) is 58.9 Å². The van der Waals surface area contributed by atoms with Crippen LogP contribution in [-0.2, 0) is 32.1 Å². The van der Waals surface area contributed by atoms with E-state index in [4.69, 9.17) is 5.11 Å². The van der Waals surface area contributed by atoms with Gasteiger partial charge >= 0.3 is 17.5 Å². The molecule has 1 unspecified atom stereocenters. The second-order valence-electron chi connectivity index (χ2n) is 12.8. The summed E-state index contributed by atoms with van der Waals surface area (Å²) in [6, 6.07) is 16.3. The molecule has 286 valence electrons. The highest BCUT2D eigenvalue weighted by Gasteiger charge is 2.26. The number of hydrogen-bond donors (Lipinski definition) is 6. The van der Waals surface area contributed by atoms with Crippen molar-refractivity contribution in [3.63, 3.8) is 0 Å². The maximum atomic E-state index is 14.4. The lowest BCUT2D eigenvalue weighted by Gasteiger charge is -2.14. The Labute approximate surface area is 321 Å². The summed E-state index contributed by atoms with van der Waals surface area (Å²) in [6.45, 7) is 1.97. The molecular formula is C39H34FN7O8S. The number of carbonyl (C=O) groups is 4. The third-order valence-electron chi connectivity index (χ3n) is 8.92. The maximum absolute atomic E-state index is 14.4. The Balaban J connectivity index is 1.11. The number of aromatic amines is 1. The van der Waals surface area contributed by atoms with Crippen LogP contribution in [0.15, 0.2) is 88.2 Å². The number of halogens is 1. The van der Waals surface area contributed by atoms with Gasteiger partial charge in [-0.25, -0.2) is 19.2 Å². The summed E-state index contributed by atoms with van der Waals surface area (Å²) in [5.74, 6) is -4.31. The summed E-state index contributed by atoms with van der Waals surface area (Å²) in [7, 11) is 0. The average Bonchev–Trinajstić information content (AvgIpc) is 3.40. The van der Waals surface area contributed by atoms with Gasteiger partial charge in [-0.2, -0.15) is 4.98 Å². The van der Waals surface area contributed by atoms with E-state index in [1.54, 1.807) is 36.6 Å². The zero-order chi connectivity index (χ0) is 40.1. The van der Waals surface area contributed by atoms with Crippen LogP contribution in [0.25, 0.3) is 28.4 Å². The number of allylic oxidation sites excluding steroid dienone is 2. The van der Waals surface area contributed by atoms with Crippen LogP contribution in [0.3, 0.4) is 0 Å². The van der Waals surface area contributed by atoms with Crippen molar-refractivity contribution in [3.05, 3.63) is 123 Å². The molecule has 2 heterocycles. The summed E-state index contributed by atoms with van der Waals surface area (Å²) in [6.07, 6.45) is 4.12. The first-order chi connectivity index (χ1) is 26.7. The highest BCUT2D eigenvalue weighted by atomic mass is 32.2. The van der Waals surface area contributed by atoms with E-state index in [1.165, 1.54) is 30.5 Å². The molecule has 0 bridgehead atoms. The van der Waals surface area contributed by atoms with Crippen LogP contribution in [0.5, 0.6) is 0 Å². The van der Waals surface area contributed by atoms with Crippen molar-refractivity contribution in [2.75, 3.05) is 16.9 Å². The van der Waals surface area contributed by atoms with E-state index in [9.17, 15) is 38.0 Å². The van der Waals surface area contributed by atoms with Gasteiger partial charge in [-0.3, -0.25) is 24.5 Å². The lowest BCUT2D eigenvalue weighted by atomic mass is 10.0. The maximum Gasteiger partial charge on any atom is 0.326 e. The van der Waals surface area contributed by atoms with E-state index in [2.05, 4.69) is 35.9 Å². The van der Waals surface area contributed by atoms with Crippen LogP contribution >= 0.6 is 0 Å². The minimum Gasteiger partial charge on any atom is -0.612 e. The Morgan fingerprint density at radius 2 is 1.73 bits per heavy atom. The van der Waals surface area contributed by atoms with Crippen LogP contribution in [0, 0.1) is 5.82 Å². The predicted octanol–water partition coefficient (Wildman–Crippen LogP) is 4.61. The van der Waals surface area contributed by atoms with Crippen molar-refractivity contribution in [2.24, 2.45) is 0 Å². The summed E-state index contributed by atoms with van der Waals surface area (Å²) < 4.78 is 26.3. The minimum absolute atomic E-state index is 0.0723. The second-order valence-corrected chi connectivity index (χ2v) is 14.2. The number of aliphatic carboxylic acids is 2. The summed E-state index contributed by atoms with van der Waals surface area (Å²) in [5.41, 5.74) is 4.73. The highest BCUT2D eigenvalue weighted by molar-refractivity contribution is 7.90. The molecule has 15 nitrogen and oxygen atoms in total. The lowest BCUT2D eigenvalue weighted by Crippen LogP contribution is -2.41. The molecule has 2 amide bonds. The van der Waals surface area contributed by atoms with Crippen LogP contribution in [0.2, 0.25) is 0 Å². The van der Waals surface area contributed by atoms with E-state index < -0.39 is 58.8 Å². The van der Waals surface area contributed by atoms with E-state index >= 15 is 0 Å². The standard InChI is InChI=1S/C39H34FN7O8S/c1-20-28(15-21-3-10-26(11-4-21)56(2)55)27-12-7-23(40)16-30(27)29(20)17-32(48)45-39-46-35-34(37(52)47-39)43-25(19-42-35)18-41-24-8-5-22(6-9-24)36(51)44-31(38(53)54)13-14-33(49)50/h3-12,15-16,19,31,41H,13-14,17-18H2,1-2H3,(H,44,51)(H,49,50)(H,53,54)(H2,42,45,46,47,48,52)/b28-15-/t31-,56?/m0/s1. The number of nitrogens with one attached hydrogen (secondary N) is 4. The van der Waals surface area contributed by atoms with Crippen LogP contribution < -0.4 is 21.5 Å². The van der Waals surface area contributed by atoms with E-state index in [0.717, 1.165) is 22.3 Å². The number of carboxylic acids is 2. The van der Waals surface area contributed by atoms with Gasteiger partial charge in [0.2, 0.25) is 11.9 Å². The van der Waals surface area contributed by atoms with Gasteiger partial charge < -0.3 is 30.4 Å². The number of carboxylic acid groups (broad SMARTS) is 2. The SMILES string of the molecule is CC1=C(CC(=O)Nc2nc(=O)c3nc(CNc4ccc(C(=O)N[C@@H](CCC(=O)O)C(=O)O)cc4)cnc3[nH]2)c2cc(F)ccc2/C1=C\c1ccc([S+](C)[O-])cc1. The van der Waals surface area contributed by atoms with Crippen molar-refractivity contribution in [1.82, 2.24) is 25.3 Å². The number of amides is 2. The first kappa shape index (κ1) is 39.0. The number of anilines is 2. The van der Waals surface area contributed by atoms with Crippen molar-refractivity contribution >= 4 is 75.0 Å². The third kappa shape index (κ3) is 9.14. The topological polar surface area (TPSA) is 239 Å². The molecule has 0 fully saturated rings. The molecule has 1 aliphatic carbocycles. The number of H-pyrrole nitrogens is 1. The van der Waals surface area contributed by atoms with Gasteiger partial charge in [-0.15, -0.1) is 0 Å². The Bertz CT molecular complexity index is 2480. The van der Waals surface area contributed by atoms with E-state index in [1.807, 2.05) is 25.1 Å². The van der Waals surface area contributed by atoms with Crippen LogP contribution in [0.4, 0.5) is 16.0 Å². The van der Waals surface area contributed by atoms with Crippen molar-refractivity contribution in [2.45, 2.75) is 43.7 Å². The molecule has 6 rings (SSSR count). The molecule has 0 saturated heterocycles. The number of benzene rings is 3. The zero-order valence-electron chi connectivity index (χ0n) is 29.9. The summed E-state index contributed by atoms with van der Waals surface area (Å²) in [5, 5.41) is 26.1. The molecule has 3 aromatic carbocycles. The zero-order valence-corrected chi connectivity index (χ0v) is 30.7. The van der Waals surface area contributed by atoms with Crippen molar-refractivity contribution in [3.8, 4) is 0 Å². The molecule has 0 aliphatic heterocycles. The van der Waals surface area contributed by atoms with Gasteiger partial charge in [-0.1, -0.05) is 6.07 Å². The highest BCUT2D eigenvalue weighted by Crippen LogP contribution is 2.44. The Morgan fingerprint density at radius 3 is 2.41 bits per heavy atom. The average molecular weight is 780 g/mol. The van der Waals surface area contributed by atoms with Gasteiger partial charge in [0.25, 0.3) is 5.91 Å². The molecular weight excluding hydrogens is 746 g/mol. The summed E-state index contributed by atoms with van der Waals surface area (Å²) >= 11 is -1.12. The lowest BCUT2D eigenvalue weighted by molar-refractivity contribution is -0.140. The third-order valence-corrected chi connectivity index (χ3v) is 9.85. The number of fused-ring (bicyclic) bond motifs is 2. The fraction of sp³-hybridized carbons (Fsp3) is 0.179. The first-order valence-corrected chi connectivity index (χ1v) is 18.6. The van der Waals surface area contributed by atoms with Crippen molar-refractivity contribution < 1.29 is 38.3 Å². The summed E-state index contributed by atoms with van der Waals surface area (Å²) in [4.78, 5) is 77.1. The molecule has 0 radical (unpaired) electrons. The van der Waals surface area contributed by atoms with Gasteiger partial charge in [0, 0.05) is 17.7 Å². The Kier molecular flexibility index (Phi) is 11.7. The number of hydrogen-bond acceptors (Lipinski definition) is 10. The fourth-order valence-electron chi connectivity index (χ4n) is 6.04. The van der Waals surface area contributed by atoms with Gasteiger partial charge in [0.15, 0.2) is 16.1 Å². The predicted molar refractivity (Wildman–Crippen MR) is 206 cm³/mol. The molecule has 2 atom stereocenters. The largest absolute Gasteiger partial charge is 0.612 e. The Morgan fingerprint density at radius 1 is 1.00 bits per heavy atom. The van der Waals surface area contributed by atoms with E-state index in [0.29, 0.717) is 27.4 Å².